The first-order chi connectivity index (χ1) is 13.0. The van der Waals surface area contributed by atoms with E-state index in [0.717, 1.165) is 5.56 Å². The van der Waals surface area contributed by atoms with E-state index < -0.39 is 0 Å². The molecule has 0 radical (unpaired) electrons. The largest absolute Gasteiger partial charge is 0.354 e. The molecule has 2 aromatic carbocycles. The molecule has 0 bridgehead atoms. The number of carbonyl (C=O) groups excluding carboxylic acids is 2. The molecule has 0 fully saturated rings. The summed E-state index contributed by atoms with van der Waals surface area (Å²) in [4.78, 5) is 23.8. The van der Waals surface area contributed by atoms with Crippen LogP contribution in [-0.4, -0.2) is 24.9 Å². The lowest BCUT2D eigenvalue weighted by atomic mass is 10.0. The number of carbonyl (C=O) groups is 2. The third-order valence-corrected chi connectivity index (χ3v) is 4.40. The maximum atomic E-state index is 12.0. The van der Waals surface area contributed by atoms with Crippen LogP contribution in [0.2, 0.25) is 5.02 Å². The summed E-state index contributed by atoms with van der Waals surface area (Å²) in [5.41, 5.74) is 2.79. The molecule has 2 aromatic rings. The summed E-state index contributed by atoms with van der Waals surface area (Å²) in [5, 5.41) is 5.92. The van der Waals surface area contributed by atoms with Crippen LogP contribution in [0.15, 0.2) is 54.6 Å². The standard InChI is InChI=1S/C22H25ClN2O2/c1-16(2)18-12-10-17(11-13-18)6-5-9-21(26)24-14-15-25-22(27)19-7-3-4-8-20(19)23/h3-8,10-13,16H,9,14-15H2,1-2H3,(H,24,26)(H,25,27). The predicted molar refractivity (Wildman–Crippen MR) is 111 cm³/mol. The second-order valence-electron chi connectivity index (χ2n) is 6.51. The van der Waals surface area contributed by atoms with Crippen molar-refractivity contribution in [1.82, 2.24) is 10.6 Å². The van der Waals surface area contributed by atoms with E-state index in [1.807, 2.05) is 24.3 Å². The van der Waals surface area contributed by atoms with Crippen LogP contribution in [0.5, 0.6) is 0 Å². The summed E-state index contributed by atoms with van der Waals surface area (Å²) in [6, 6.07) is 15.2. The van der Waals surface area contributed by atoms with Gasteiger partial charge in [0, 0.05) is 19.5 Å². The Morgan fingerprint density at radius 2 is 1.67 bits per heavy atom. The highest BCUT2D eigenvalue weighted by atomic mass is 35.5. The van der Waals surface area contributed by atoms with E-state index in [4.69, 9.17) is 11.6 Å². The minimum absolute atomic E-state index is 0.0861. The number of benzene rings is 2. The average molecular weight is 385 g/mol. The minimum atomic E-state index is -0.250. The topological polar surface area (TPSA) is 58.2 Å². The lowest BCUT2D eigenvalue weighted by molar-refractivity contribution is -0.120. The summed E-state index contributed by atoms with van der Waals surface area (Å²) in [6.07, 6.45) is 4.06. The minimum Gasteiger partial charge on any atom is -0.354 e. The molecular weight excluding hydrogens is 360 g/mol. The highest BCUT2D eigenvalue weighted by Gasteiger charge is 2.08. The van der Waals surface area contributed by atoms with Crippen LogP contribution in [0.4, 0.5) is 0 Å². The first-order valence-corrected chi connectivity index (χ1v) is 9.41. The van der Waals surface area contributed by atoms with Gasteiger partial charge in [-0.05, 0) is 29.2 Å². The van der Waals surface area contributed by atoms with Gasteiger partial charge in [0.2, 0.25) is 5.91 Å². The van der Waals surface area contributed by atoms with Crippen molar-refractivity contribution in [1.29, 1.82) is 0 Å². The fraction of sp³-hybridized carbons (Fsp3) is 0.273. The van der Waals surface area contributed by atoms with Gasteiger partial charge in [-0.1, -0.05) is 74.0 Å². The fourth-order valence-corrected chi connectivity index (χ4v) is 2.71. The van der Waals surface area contributed by atoms with Crippen LogP contribution in [0.3, 0.4) is 0 Å². The Balaban J connectivity index is 1.67. The Bertz CT molecular complexity index is 798. The van der Waals surface area contributed by atoms with Gasteiger partial charge >= 0.3 is 0 Å². The molecule has 2 N–H and O–H groups in total. The molecule has 142 valence electrons. The molecule has 0 unspecified atom stereocenters. The summed E-state index contributed by atoms with van der Waals surface area (Å²) >= 11 is 5.98. The Hall–Kier alpha value is -2.59. The summed E-state index contributed by atoms with van der Waals surface area (Å²) in [6.45, 7) is 5.03. The SMILES string of the molecule is CC(C)c1ccc(C=CCC(=O)NCCNC(=O)c2ccccc2Cl)cc1. The molecule has 0 atom stereocenters. The van der Waals surface area contributed by atoms with E-state index in [9.17, 15) is 9.59 Å². The molecule has 2 amide bonds. The predicted octanol–water partition coefficient (Wildman–Crippen LogP) is 4.41. The van der Waals surface area contributed by atoms with Crippen molar-refractivity contribution >= 4 is 29.5 Å². The van der Waals surface area contributed by atoms with Gasteiger partial charge in [0.25, 0.3) is 5.91 Å². The van der Waals surface area contributed by atoms with Crippen molar-refractivity contribution in [3.8, 4) is 0 Å². The summed E-state index contributed by atoms with van der Waals surface area (Å²) in [7, 11) is 0. The number of hydrogen-bond donors (Lipinski definition) is 2. The number of rotatable bonds is 8. The molecule has 0 aliphatic rings. The van der Waals surface area contributed by atoms with E-state index in [1.165, 1.54) is 5.56 Å². The van der Waals surface area contributed by atoms with Crippen molar-refractivity contribution < 1.29 is 9.59 Å². The molecule has 4 nitrogen and oxygen atoms in total. The van der Waals surface area contributed by atoms with Gasteiger partial charge in [0.1, 0.15) is 0 Å². The van der Waals surface area contributed by atoms with Crippen molar-refractivity contribution in [2.75, 3.05) is 13.1 Å². The van der Waals surface area contributed by atoms with Gasteiger partial charge in [-0.2, -0.15) is 0 Å². The number of amides is 2. The number of nitrogens with one attached hydrogen (secondary N) is 2. The van der Waals surface area contributed by atoms with E-state index in [1.54, 1.807) is 24.3 Å². The normalized spacial score (nSPS) is 11.0. The maximum absolute atomic E-state index is 12.0. The zero-order valence-corrected chi connectivity index (χ0v) is 16.4. The van der Waals surface area contributed by atoms with Gasteiger partial charge in [-0.25, -0.2) is 0 Å². The van der Waals surface area contributed by atoms with Crippen LogP contribution in [-0.2, 0) is 4.79 Å². The molecule has 2 rings (SSSR count). The van der Waals surface area contributed by atoms with Crippen LogP contribution in [0.1, 0.15) is 47.7 Å². The van der Waals surface area contributed by atoms with Crippen molar-refractivity contribution in [3.63, 3.8) is 0 Å². The molecule has 5 heteroatoms. The Labute approximate surface area is 165 Å². The summed E-state index contributed by atoms with van der Waals surface area (Å²) < 4.78 is 0. The number of halogens is 1. The molecule has 0 aliphatic heterocycles. The summed E-state index contributed by atoms with van der Waals surface area (Å²) in [5.74, 6) is 0.170. The van der Waals surface area contributed by atoms with Crippen LogP contribution in [0, 0.1) is 0 Å². The van der Waals surface area contributed by atoms with E-state index in [0.29, 0.717) is 36.0 Å². The van der Waals surface area contributed by atoms with Gasteiger partial charge in [0.05, 0.1) is 10.6 Å². The van der Waals surface area contributed by atoms with Crippen molar-refractivity contribution in [2.45, 2.75) is 26.2 Å². The second kappa shape index (κ2) is 10.5. The first-order valence-electron chi connectivity index (χ1n) is 9.03. The van der Waals surface area contributed by atoms with E-state index >= 15 is 0 Å². The molecule has 0 saturated carbocycles. The molecular formula is C22H25ClN2O2. The fourth-order valence-electron chi connectivity index (χ4n) is 2.48. The van der Waals surface area contributed by atoms with E-state index in [2.05, 4.69) is 36.6 Å². The van der Waals surface area contributed by atoms with Gasteiger partial charge in [0.15, 0.2) is 0 Å². The average Bonchev–Trinajstić information content (AvgIpc) is 2.66. The third-order valence-electron chi connectivity index (χ3n) is 4.07. The number of hydrogen-bond acceptors (Lipinski definition) is 2. The first kappa shape index (κ1) is 20.7. The molecule has 0 saturated heterocycles. The van der Waals surface area contributed by atoms with Crippen molar-refractivity contribution in [3.05, 3.63) is 76.3 Å². The monoisotopic (exact) mass is 384 g/mol. The van der Waals surface area contributed by atoms with Gasteiger partial charge < -0.3 is 10.6 Å². The van der Waals surface area contributed by atoms with Crippen molar-refractivity contribution in [2.24, 2.45) is 0 Å². The van der Waals surface area contributed by atoms with E-state index in [-0.39, 0.29) is 11.8 Å². The molecule has 27 heavy (non-hydrogen) atoms. The zero-order valence-electron chi connectivity index (χ0n) is 15.7. The molecule has 0 aromatic heterocycles. The lowest BCUT2D eigenvalue weighted by Gasteiger charge is -2.07. The second-order valence-corrected chi connectivity index (χ2v) is 6.92. The zero-order chi connectivity index (χ0) is 19.6. The smallest absolute Gasteiger partial charge is 0.252 e. The Morgan fingerprint density at radius 1 is 1.00 bits per heavy atom. The van der Waals surface area contributed by atoms with Gasteiger partial charge in [-0.15, -0.1) is 0 Å². The third kappa shape index (κ3) is 6.91. The quantitative estimate of drug-likeness (QED) is 0.662. The maximum Gasteiger partial charge on any atom is 0.252 e. The van der Waals surface area contributed by atoms with Crippen LogP contribution < -0.4 is 10.6 Å². The Morgan fingerprint density at radius 3 is 2.33 bits per heavy atom. The molecule has 0 heterocycles. The van der Waals surface area contributed by atoms with Crippen LogP contribution >= 0.6 is 11.6 Å². The van der Waals surface area contributed by atoms with Crippen LogP contribution in [0.25, 0.3) is 6.08 Å². The molecule has 0 spiro atoms. The Kier molecular flexibility index (Phi) is 8.08. The highest BCUT2D eigenvalue weighted by Crippen LogP contribution is 2.15. The molecule has 0 aliphatic carbocycles. The highest BCUT2D eigenvalue weighted by molar-refractivity contribution is 6.33. The lowest BCUT2D eigenvalue weighted by Crippen LogP contribution is -2.34. The van der Waals surface area contributed by atoms with Gasteiger partial charge in [-0.3, -0.25) is 9.59 Å².